The number of hydrazine groups is 1. The van der Waals surface area contributed by atoms with Crippen molar-refractivity contribution in [1.82, 2.24) is 15.2 Å². The van der Waals surface area contributed by atoms with E-state index in [-0.39, 0.29) is 6.04 Å². The summed E-state index contributed by atoms with van der Waals surface area (Å²) >= 11 is 0. The number of ether oxygens (including phenoxy) is 1. The smallest absolute Gasteiger partial charge is 0.0580 e. The van der Waals surface area contributed by atoms with Crippen LogP contribution in [-0.2, 0) is 11.3 Å². The summed E-state index contributed by atoms with van der Waals surface area (Å²) < 4.78 is 7.59. The first-order valence-corrected chi connectivity index (χ1v) is 7.36. The summed E-state index contributed by atoms with van der Waals surface area (Å²) in [7, 11) is 0. The highest BCUT2D eigenvalue weighted by molar-refractivity contribution is 5.10. The average Bonchev–Trinajstić information content (AvgIpc) is 2.81. The molecule has 0 radical (unpaired) electrons. The maximum atomic E-state index is 5.69. The summed E-state index contributed by atoms with van der Waals surface area (Å²) in [6.45, 7) is 5.99. The van der Waals surface area contributed by atoms with Crippen LogP contribution >= 0.6 is 0 Å². The molecule has 1 aromatic rings. The van der Waals surface area contributed by atoms with E-state index in [1.807, 2.05) is 10.9 Å². The van der Waals surface area contributed by atoms with Gasteiger partial charge in [-0.15, -0.1) is 0 Å². The van der Waals surface area contributed by atoms with E-state index in [4.69, 9.17) is 10.6 Å². The van der Waals surface area contributed by atoms with Crippen LogP contribution in [0.1, 0.15) is 51.1 Å². The van der Waals surface area contributed by atoms with Gasteiger partial charge in [-0.05, 0) is 38.5 Å². The third kappa shape index (κ3) is 3.78. The molecule has 1 saturated carbocycles. The van der Waals surface area contributed by atoms with Gasteiger partial charge in [-0.3, -0.25) is 16.0 Å². The molecule has 0 saturated heterocycles. The van der Waals surface area contributed by atoms with Gasteiger partial charge in [0.05, 0.1) is 12.3 Å². The molecule has 1 aliphatic rings. The summed E-state index contributed by atoms with van der Waals surface area (Å²) in [5.41, 5.74) is 4.12. The molecular weight excluding hydrogens is 240 g/mol. The molecular formula is C14H26N4O. The molecule has 108 valence electrons. The second-order valence-corrected chi connectivity index (χ2v) is 5.41. The molecule has 5 nitrogen and oxygen atoms in total. The van der Waals surface area contributed by atoms with Crippen LogP contribution in [0.3, 0.4) is 0 Å². The van der Waals surface area contributed by atoms with Crippen LogP contribution in [-0.4, -0.2) is 22.5 Å². The van der Waals surface area contributed by atoms with E-state index in [0.717, 1.165) is 38.8 Å². The Hall–Kier alpha value is -0.910. The van der Waals surface area contributed by atoms with E-state index >= 15 is 0 Å². The molecule has 1 aromatic heterocycles. The lowest BCUT2D eigenvalue weighted by Gasteiger charge is -2.36. The van der Waals surface area contributed by atoms with E-state index < -0.39 is 0 Å². The highest BCUT2D eigenvalue weighted by Crippen LogP contribution is 2.36. The van der Waals surface area contributed by atoms with Crippen molar-refractivity contribution in [2.45, 2.75) is 58.2 Å². The quantitative estimate of drug-likeness (QED) is 0.558. The predicted molar refractivity (Wildman–Crippen MR) is 75.3 cm³/mol. The maximum absolute atomic E-state index is 5.69. The van der Waals surface area contributed by atoms with Gasteiger partial charge in [0.2, 0.25) is 0 Å². The average molecular weight is 266 g/mol. The summed E-state index contributed by atoms with van der Waals surface area (Å²) in [5.74, 6) is 6.41. The standard InChI is InChI=1S/C14H26N4O/c1-3-5-18-10-12(9-16-18)14(17-15)8-11-6-13(7-11)19-4-2/h9-11,13-14,17H,3-8,15H2,1-2H3. The van der Waals surface area contributed by atoms with Gasteiger partial charge in [-0.1, -0.05) is 6.92 Å². The lowest BCUT2D eigenvalue weighted by atomic mass is 9.77. The van der Waals surface area contributed by atoms with Crippen LogP contribution in [0.15, 0.2) is 12.4 Å². The van der Waals surface area contributed by atoms with Crippen molar-refractivity contribution in [2.75, 3.05) is 6.61 Å². The fourth-order valence-corrected chi connectivity index (χ4v) is 2.78. The Balaban J connectivity index is 1.83. The summed E-state index contributed by atoms with van der Waals surface area (Å²) in [6, 6.07) is 0.207. The molecule has 0 spiro atoms. The number of nitrogens with two attached hydrogens (primary N) is 1. The minimum atomic E-state index is 0.207. The molecule has 1 fully saturated rings. The van der Waals surface area contributed by atoms with Crippen LogP contribution in [0.2, 0.25) is 0 Å². The molecule has 19 heavy (non-hydrogen) atoms. The van der Waals surface area contributed by atoms with Crippen molar-refractivity contribution >= 4 is 0 Å². The van der Waals surface area contributed by atoms with Crippen LogP contribution in [0.4, 0.5) is 0 Å². The van der Waals surface area contributed by atoms with Crippen molar-refractivity contribution < 1.29 is 4.74 Å². The number of aromatic nitrogens is 2. The first-order valence-electron chi connectivity index (χ1n) is 7.36. The van der Waals surface area contributed by atoms with Gasteiger partial charge in [-0.2, -0.15) is 5.10 Å². The number of hydrogen-bond acceptors (Lipinski definition) is 4. The number of hydrogen-bond donors (Lipinski definition) is 2. The normalized spacial score (nSPS) is 24.2. The Morgan fingerprint density at radius 3 is 2.95 bits per heavy atom. The second-order valence-electron chi connectivity index (χ2n) is 5.41. The summed E-state index contributed by atoms with van der Waals surface area (Å²) in [6.07, 6.45) is 8.99. The third-order valence-corrected chi connectivity index (χ3v) is 3.87. The molecule has 0 amide bonds. The monoisotopic (exact) mass is 266 g/mol. The molecule has 0 aliphatic heterocycles. The highest BCUT2D eigenvalue weighted by atomic mass is 16.5. The van der Waals surface area contributed by atoms with Crippen LogP contribution in [0, 0.1) is 5.92 Å². The molecule has 1 atom stereocenters. The Kier molecular flexibility index (Phi) is 5.36. The largest absolute Gasteiger partial charge is 0.378 e. The van der Waals surface area contributed by atoms with Gasteiger partial charge >= 0.3 is 0 Å². The first kappa shape index (κ1) is 14.5. The van der Waals surface area contributed by atoms with Crippen molar-refractivity contribution in [3.05, 3.63) is 18.0 Å². The first-order chi connectivity index (χ1) is 9.26. The van der Waals surface area contributed by atoms with Crippen molar-refractivity contribution in [1.29, 1.82) is 0 Å². The Morgan fingerprint density at radius 2 is 2.32 bits per heavy atom. The minimum absolute atomic E-state index is 0.207. The van der Waals surface area contributed by atoms with Gasteiger partial charge in [0.25, 0.3) is 0 Å². The SMILES string of the molecule is CCCn1cc(C(CC2CC(OCC)C2)NN)cn1. The van der Waals surface area contributed by atoms with Gasteiger partial charge in [0, 0.05) is 31.0 Å². The molecule has 1 unspecified atom stereocenters. The Morgan fingerprint density at radius 1 is 1.53 bits per heavy atom. The van der Waals surface area contributed by atoms with Crippen molar-refractivity contribution in [3.8, 4) is 0 Å². The minimum Gasteiger partial charge on any atom is -0.378 e. The summed E-state index contributed by atoms with van der Waals surface area (Å²) in [4.78, 5) is 0. The van der Waals surface area contributed by atoms with Crippen LogP contribution < -0.4 is 11.3 Å². The zero-order chi connectivity index (χ0) is 13.7. The van der Waals surface area contributed by atoms with Gasteiger partial charge in [-0.25, -0.2) is 0 Å². The topological polar surface area (TPSA) is 65.1 Å². The lowest BCUT2D eigenvalue weighted by molar-refractivity contribution is -0.0291. The second kappa shape index (κ2) is 7.03. The van der Waals surface area contributed by atoms with Crippen molar-refractivity contribution in [3.63, 3.8) is 0 Å². The Labute approximate surface area is 115 Å². The molecule has 0 bridgehead atoms. The predicted octanol–water partition coefficient (Wildman–Crippen LogP) is 2.00. The van der Waals surface area contributed by atoms with Gasteiger partial charge in [0.15, 0.2) is 0 Å². The molecule has 1 heterocycles. The summed E-state index contributed by atoms with van der Waals surface area (Å²) in [5, 5.41) is 4.37. The number of rotatable bonds is 8. The van der Waals surface area contributed by atoms with E-state index in [2.05, 4.69) is 30.6 Å². The fourth-order valence-electron chi connectivity index (χ4n) is 2.78. The number of nitrogens with zero attached hydrogens (tertiary/aromatic N) is 2. The molecule has 2 rings (SSSR count). The van der Waals surface area contributed by atoms with Crippen LogP contribution in [0.25, 0.3) is 0 Å². The fraction of sp³-hybridized carbons (Fsp3) is 0.786. The molecule has 3 N–H and O–H groups in total. The molecule has 0 aromatic carbocycles. The van der Waals surface area contributed by atoms with E-state index in [0.29, 0.717) is 12.0 Å². The van der Waals surface area contributed by atoms with Crippen LogP contribution in [0.5, 0.6) is 0 Å². The maximum Gasteiger partial charge on any atom is 0.0580 e. The van der Waals surface area contributed by atoms with E-state index in [9.17, 15) is 0 Å². The van der Waals surface area contributed by atoms with E-state index in [1.165, 1.54) is 5.56 Å². The zero-order valence-electron chi connectivity index (χ0n) is 12.0. The van der Waals surface area contributed by atoms with Crippen molar-refractivity contribution in [2.24, 2.45) is 11.8 Å². The number of nitrogens with one attached hydrogen (secondary N) is 1. The zero-order valence-corrected chi connectivity index (χ0v) is 12.0. The molecule has 1 aliphatic carbocycles. The lowest BCUT2D eigenvalue weighted by Crippen LogP contribution is -2.36. The third-order valence-electron chi connectivity index (χ3n) is 3.87. The number of aryl methyl sites for hydroxylation is 1. The highest BCUT2D eigenvalue weighted by Gasteiger charge is 2.31. The Bertz CT molecular complexity index is 373. The van der Waals surface area contributed by atoms with Gasteiger partial charge < -0.3 is 4.74 Å². The van der Waals surface area contributed by atoms with Gasteiger partial charge in [0.1, 0.15) is 0 Å². The van der Waals surface area contributed by atoms with E-state index in [1.54, 1.807) is 0 Å². The molecule has 5 heteroatoms.